The Bertz CT molecular complexity index is 107. The standard InChI is InChI=1S/C10H18/c1-8-6-10(7-8)5-4-9-2-3-9/h8-10H,2-7H2,1H3. The molecule has 2 aliphatic carbocycles. The molecule has 10 heavy (non-hydrogen) atoms. The lowest BCUT2D eigenvalue weighted by molar-refractivity contribution is 0.194. The fraction of sp³-hybridized carbons (Fsp3) is 1.00. The highest BCUT2D eigenvalue weighted by Gasteiger charge is 2.28. The van der Waals surface area contributed by atoms with Crippen molar-refractivity contribution >= 4 is 0 Å². The number of rotatable bonds is 3. The maximum absolute atomic E-state index is 2.38. The lowest BCUT2D eigenvalue weighted by Crippen LogP contribution is -2.20. The predicted molar refractivity (Wildman–Crippen MR) is 43.8 cm³/mol. The Hall–Kier alpha value is 0. The van der Waals surface area contributed by atoms with E-state index in [0.29, 0.717) is 0 Å². The second kappa shape index (κ2) is 2.56. The summed E-state index contributed by atoms with van der Waals surface area (Å²) in [6.07, 6.45) is 9.26. The Morgan fingerprint density at radius 3 is 2.10 bits per heavy atom. The second-order valence-corrected chi connectivity index (χ2v) is 4.46. The van der Waals surface area contributed by atoms with Crippen LogP contribution in [-0.2, 0) is 0 Å². The highest BCUT2D eigenvalue weighted by atomic mass is 14.3. The van der Waals surface area contributed by atoms with Crippen LogP contribution in [0.1, 0.15) is 45.4 Å². The van der Waals surface area contributed by atoms with E-state index < -0.39 is 0 Å². The maximum atomic E-state index is 2.38. The van der Waals surface area contributed by atoms with E-state index in [-0.39, 0.29) is 0 Å². The van der Waals surface area contributed by atoms with Gasteiger partial charge in [-0.25, -0.2) is 0 Å². The average Bonchev–Trinajstić information content (AvgIpc) is 2.60. The summed E-state index contributed by atoms with van der Waals surface area (Å²) in [7, 11) is 0. The van der Waals surface area contributed by atoms with Crippen LogP contribution in [0.15, 0.2) is 0 Å². The summed E-state index contributed by atoms with van der Waals surface area (Å²) >= 11 is 0. The molecule has 0 atom stereocenters. The van der Waals surface area contributed by atoms with Crippen molar-refractivity contribution in [3.05, 3.63) is 0 Å². The lowest BCUT2D eigenvalue weighted by Gasteiger charge is -2.32. The van der Waals surface area contributed by atoms with Crippen molar-refractivity contribution in [1.82, 2.24) is 0 Å². The molecule has 2 fully saturated rings. The first-order valence-electron chi connectivity index (χ1n) is 4.84. The minimum absolute atomic E-state index is 1.06. The highest BCUT2D eigenvalue weighted by Crippen LogP contribution is 2.41. The van der Waals surface area contributed by atoms with Crippen LogP contribution in [-0.4, -0.2) is 0 Å². The summed E-state index contributed by atoms with van der Waals surface area (Å²) in [5, 5.41) is 0. The zero-order chi connectivity index (χ0) is 6.97. The van der Waals surface area contributed by atoms with E-state index in [1.54, 1.807) is 25.7 Å². The van der Waals surface area contributed by atoms with E-state index in [1.165, 1.54) is 12.8 Å². The van der Waals surface area contributed by atoms with Crippen LogP contribution < -0.4 is 0 Å². The van der Waals surface area contributed by atoms with Crippen LogP contribution in [0.25, 0.3) is 0 Å². The molecule has 0 unspecified atom stereocenters. The zero-order valence-electron chi connectivity index (χ0n) is 6.97. The van der Waals surface area contributed by atoms with Crippen LogP contribution in [0.4, 0.5) is 0 Å². The van der Waals surface area contributed by atoms with Gasteiger partial charge in [0.05, 0.1) is 0 Å². The normalized spacial score (nSPS) is 39.3. The van der Waals surface area contributed by atoms with E-state index >= 15 is 0 Å². The Kier molecular flexibility index (Phi) is 1.71. The molecule has 0 aromatic heterocycles. The van der Waals surface area contributed by atoms with E-state index in [1.807, 2.05) is 0 Å². The van der Waals surface area contributed by atoms with Crippen molar-refractivity contribution in [1.29, 1.82) is 0 Å². The monoisotopic (exact) mass is 138 g/mol. The van der Waals surface area contributed by atoms with Crippen molar-refractivity contribution < 1.29 is 0 Å². The first-order valence-corrected chi connectivity index (χ1v) is 4.84. The third-order valence-electron chi connectivity index (χ3n) is 3.15. The van der Waals surface area contributed by atoms with Gasteiger partial charge >= 0.3 is 0 Å². The third kappa shape index (κ3) is 1.53. The van der Waals surface area contributed by atoms with Crippen LogP contribution in [0.2, 0.25) is 0 Å². The zero-order valence-corrected chi connectivity index (χ0v) is 6.97. The van der Waals surface area contributed by atoms with E-state index in [4.69, 9.17) is 0 Å². The van der Waals surface area contributed by atoms with Gasteiger partial charge in [0.15, 0.2) is 0 Å². The molecule has 0 nitrogen and oxygen atoms in total. The predicted octanol–water partition coefficient (Wildman–Crippen LogP) is 3.22. The fourth-order valence-corrected chi connectivity index (χ4v) is 2.18. The van der Waals surface area contributed by atoms with Crippen molar-refractivity contribution in [2.45, 2.75) is 45.4 Å². The van der Waals surface area contributed by atoms with Crippen LogP contribution in [0.5, 0.6) is 0 Å². The highest BCUT2D eigenvalue weighted by molar-refractivity contribution is 4.80. The van der Waals surface area contributed by atoms with Gasteiger partial charge in [-0.15, -0.1) is 0 Å². The van der Waals surface area contributed by atoms with E-state index in [0.717, 1.165) is 17.8 Å². The number of hydrogen-bond donors (Lipinski definition) is 0. The second-order valence-electron chi connectivity index (χ2n) is 4.46. The molecular weight excluding hydrogens is 120 g/mol. The van der Waals surface area contributed by atoms with Crippen molar-refractivity contribution in [3.63, 3.8) is 0 Å². The Morgan fingerprint density at radius 1 is 1.00 bits per heavy atom. The third-order valence-corrected chi connectivity index (χ3v) is 3.15. The van der Waals surface area contributed by atoms with Crippen molar-refractivity contribution in [3.8, 4) is 0 Å². The molecule has 0 aromatic rings. The topological polar surface area (TPSA) is 0 Å². The molecule has 2 rings (SSSR count). The quantitative estimate of drug-likeness (QED) is 0.561. The average molecular weight is 138 g/mol. The summed E-state index contributed by atoms with van der Waals surface area (Å²) in [6, 6.07) is 0. The van der Waals surface area contributed by atoms with Gasteiger partial charge in [0.2, 0.25) is 0 Å². The smallest absolute Gasteiger partial charge is 0.0409 e. The van der Waals surface area contributed by atoms with Crippen LogP contribution >= 0.6 is 0 Å². The molecule has 0 saturated heterocycles. The minimum Gasteiger partial charge on any atom is -0.0625 e. The Balaban J connectivity index is 1.54. The van der Waals surface area contributed by atoms with Gasteiger partial charge in [0, 0.05) is 0 Å². The SMILES string of the molecule is CC1CC(CCC2CC2)C1. The molecule has 2 saturated carbocycles. The van der Waals surface area contributed by atoms with Gasteiger partial charge in [0.1, 0.15) is 0 Å². The van der Waals surface area contributed by atoms with Crippen molar-refractivity contribution in [2.24, 2.45) is 17.8 Å². The summed E-state index contributed by atoms with van der Waals surface area (Å²) in [6.45, 7) is 2.38. The van der Waals surface area contributed by atoms with E-state index in [9.17, 15) is 0 Å². The molecule has 0 heterocycles. The molecule has 58 valence electrons. The van der Waals surface area contributed by atoms with Gasteiger partial charge in [-0.05, 0) is 30.6 Å². The summed E-state index contributed by atoms with van der Waals surface area (Å²) in [5.74, 6) is 3.36. The summed E-state index contributed by atoms with van der Waals surface area (Å²) in [5.41, 5.74) is 0. The van der Waals surface area contributed by atoms with E-state index in [2.05, 4.69) is 6.92 Å². The molecule has 0 bridgehead atoms. The fourth-order valence-electron chi connectivity index (χ4n) is 2.18. The maximum Gasteiger partial charge on any atom is -0.0409 e. The summed E-state index contributed by atoms with van der Waals surface area (Å²) < 4.78 is 0. The van der Waals surface area contributed by atoms with Crippen LogP contribution in [0.3, 0.4) is 0 Å². The van der Waals surface area contributed by atoms with Gasteiger partial charge in [-0.3, -0.25) is 0 Å². The summed E-state index contributed by atoms with van der Waals surface area (Å²) in [4.78, 5) is 0. The Morgan fingerprint density at radius 2 is 1.60 bits per heavy atom. The lowest BCUT2D eigenvalue weighted by atomic mass is 9.74. The van der Waals surface area contributed by atoms with Gasteiger partial charge in [0.25, 0.3) is 0 Å². The van der Waals surface area contributed by atoms with Gasteiger partial charge < -0.3 is 0 Å². The Labute approximate surface area is 64.0 Å². The van der Waals surface area contributed by atoms with Crippen LogP contribution in [0, 0.1) is 17.8 Å². The molecule has 0 aromatic carbocycles. The van der Waals surface area contributed by atoms with Gasteiger partial charge in [-0.1, -0.05) is 32.6 Å². The minimum atomic E-state index is 1.06. The molecular formula is C10H18. The first-order chi connectivity index (χ1) is 4.84. The largest absolute Gasteiger partial charge is 0.0625 e. The number of hydrogen-bond acceptors (Lipinski definition) is 0. The molecule has 0 heteroatoms. The molecule has 0 spiro atoms. The molecule has 0 aliphatic heterocycles. The van der Waals surface area contributed by atoms with Gasteiger partial charge in [-0.2, -0.15) is 0 Å². The molecule has 0 N–H and O–H groups in total. The molecule has 0 radical (unpaired) electrons. The molecule has 2 aliphatic rings. The first kappa shape index (κ1) is 6.69. The molecule has 0 amide bonds. The van der Waals surface area contributed by atoms with Crippen molar-refractivity contribution in [2.75, 3.05) is 0 Å².